The van der Waals surface area contributed by atoms with Gasteiger partial charge in [-0.2, -0.15) is 0 Å². The van der Waals surface area contributed by atoms with Crippen LogP contribution in [0.15, 0.2) is 12.2 Å². The van der Waals surface area contributed by atoms with Crippen LogP contribution in [0.3, 0.4) is 0 Å². The molecule has 0 heterocycles. The van der Waals surface area contributed by atoms with Crippen LogP contribution in [0, 0.1) is 47.3 Å². The van der Waals surface area contributed by atoms with Crippen molar-refractivity contribution in [2.24, 2.45) is 47.3 Å². The maximum atomic E-state index is 2.58. The third kappa shape index (κ3) is 18.9. The van der Waals surface area contributed by atoms with Crippen LogP contribution < -0.4 is 0 Å². The Balaban J connectivity index is 6.09. The second-order valence-electron chi connectivity index (χ2n) is 14.6. The SMILES string of the molecule is CC=CCCC(C(CCC(CCCCC)CCC(C)CC)CC(CCC)CCC(CC)CCC)C(CC)C(C)CC. The second kappa shape index (κ2) is 27.3. The predicted molar refractivity (Wildman–Crippen MR) is 191 cm³/mol. The summed E-state index contributed by atoms with van der Waals surface area (Å²) in [6.45, 7) is 24.3. The Hall–Kier alpha value is -0.260. The van der Waals surface area contributed by atoms with Crippen molar-refractivity contribution in [1.29, 1.82) is 0 Å². The van der Waals surface area contributed by atoms with Gasteiger partial charge in [-0.15, -0.1) is 0 Å². The van der Waals surface area contributed by atoms with Gasteiger partial charge in [0, 0.05) is 0 Å². The van der Waals surface area contributed by atoms with E-state index in [-0.39, 0.29) is 0 Å². The Morgan fingerprint density at radius 3 is 1.68 bits per heavy atom. The summed E-state index contributed by atoms with van der Waals surface area (Å²) in [5.41, 5.74) is 0. The first-order valence-electron chi connectivity index (χ1n) is 19.5. The van der Waals surface area contributed by atoms with Gasteiger partial charge >= 0.3 is 0 Å². The standard InChI is InChI=1S/C41H82/c1-11-19-21-25-37(28-27-34(9)15-5)31-32-39(33-38(24-14-4)30-29-36(17-7)23-13-3)41(26-22-20-12-2)40(18-8)35(10)16-6/h12,20,34-41H,11,13-19,21-33H2,1-10H3. The zero-order valence-electron chi connectivity index (χ0n) is 30.6. The molecule has 0 aromatic carbocycles. The molecule has 0 spiro atoms. The van der Waals surface area contributed by atoms with E-state index < -0.39 is 0 Å². The molecule has 0 rings (SSSR count). The Kier molecular flexibility index (Phi) is 27.1. The zero-order chi connectivity index (χ0) is 30.9. The Labute approximate surface area is 263 Å². The van der Waals surface area contributed by atoms with E-state index in [1.807, 2.05) is 0 Å². The smallest absolute Gasteiger partial charge is 0.0348 e. The van der Waals surface area contributed by atoms with Gasteiger partial charge in [-0.1, -0.05) is 184 Å². The summed E-state index contributed by atoms with van der Waals surface area (Å²) in [4.78, 5) is 0. The molecule has 0 radical (unpaired) electrons. The predicted octanol–water partition coefficient (Wildman–Crippen LogP) is 14.9. The summed E-state index contributed by atoms with van der Waals surface area (Å²) in [5.74, 6) is 7.29. The van der Waals surface area contributed by atoms with E-state index in [1.165, 1.54) is 135 Å². The summed E-state index contributed by atoms with van der Waals surface area (Å²) in [5, 5.41) is 0. The van der Waals surface area contributed by atoms with E-state index in [0.717, 1.165) is 47.3 Å². The monoisotopic (exact) mass is 575 g/mol. The number of rotatable bonds is 29. The average molecular weight is 575 g/mol. The van der Waals surface area contributed by atoms with E-state index in [1.54, 1.807) is 0 Å². The molecule has 0 fully saturated rings. The van der Waals surface area contributed by atoms with E-state index in [9.17, 15) is 0 Å². The number of allylic oxidation sites excluding steroid dienone is 2. The summed E-state index contributed by atoms with van der Waals surface area (Å²) in [7, 11) is 0. The third-order valence-corrected chi connectivity index (χ3v) is 11.4. The Morgan fingerprint density at radius 2 is 1.12 bits per heavy atom. The molecule has 8 atom stereocenters. The molecular formula is C41H82. The van der Waals surface area contributed by atoms with Crippen LogP contribution in [0.5, 0.6) is 0 Å². The highest BCUT2D eigenvalue weighted by Gasteiger charge is 2.32. The summed E-state index contributed by atoms with van der Waals surface area (Å²) < 4.78 is 0. The lowest BCUT2D eigenvalue weighted by atomic mass is 9.66. The normalized spacial score (nSPS) is 18.2. The molecule has 0 heteroatoms. The minimum Gasteiger partial charge on any atom is -0.0917 e. The Morgan fingerprint density at radius 1 is 0.488 bits per heavy atom. The van der Waals surface area contributed by atoms with Crippen LogP contribution in [0.25, 0.3) is 0 Å². The van der Waals surface area contributed by atoms with Gasteiger partial charge < -0.3 is 0 Å². The van der Waals surface area contributed by atoms with Gasteiger partial charge in [0.1, 0.15) is 0 Å². The molecule has 41 heavy (non-hydrogen) atoms. The first-order valence-corrected chi connectivity index (χ1v) is 19.5. The van der Waals surface area contributed by atoms with Crippen molar-refractivity contribution in [2.45, 2.75) is 204 Å². The molecule has 0 aromatic rings. The summed E-state index contributed by atoms with van der Waals surface area (Å²) in [6.07, 6.45) is 34.6. The molecule has 0 aromatic heterocycles. The van der Waals surface area contributed by atoms with Crippen LogP contribution in [0.2, 0.25) is 0 Å². The first kappa shape index (κ1) is 40.7. The minimum absolute atomic E-state index is 0.850. The Bertz CT molecular complexity index is 560. The van der Waals surface area contributed by atoms with E-state index in [0.29, 0.717) is 0 Å². The zero-order valence-corrected chi connectivity index (χ0v) is 30.6. The van der Waals surface area contributed by atoms with Crippen molar-refractivity contribution in [2.75, 3.05) is 0 Å². The highest BCUT2D eigenvalue weighted by Crippen LogP contribution is 2.43. The van der Waals surface area contributed by atoms with Crippen LogP contribution in [0.4, 0.5) is 0 Å². The van der Waals surface area contributed by atoms with Gasteiger partial charge in [0.05, 0.1) is 0 Å². The molecule has 0 aliphatic rings. The average Bonchev–Trinajstić information content (AvgIpc) is 2.98. The molecule has 0 bridgehead atoms. The lowest BCUT2D eigenvalue weighted by Gasteiger charge is -2.39. The van der Waals surface area contributed by atoms with Crippen molar-refractivity contribution < 1.29 is 0 Å². The van der Waals surface area contributed by atoms with Gasteiger partial charge in [0.2, 0.25) is 0 Å². The van der Waals surface area contributed by atoms with Crippen LogP contribution >= 0.6 is 0 Å². The molecule has 0 saturated carbocycles. The van der Waals surface area contributed by atoms with Gasteiger partial charge in [-0.3, -0.25) is 0 Å². The van der Waals surface area contributed by atoms with Gasteiger partial charge in [0.25, 0.3) is 0 Å². The quantitative estimate of drug-likeness (QED) is 0.0615. The molecule has 0 aliphatic carbocycles. The van der Waals surface area contributed by atoms with Gasteiger partial charge in [0.15, 0.2) is 0 Å². The van der Waals surface area contributed by atoms with Gasteiger partial charge in [-0.05, 0) is 80.0 Å². The highest BCUT2D eigenvalue weighted by molar-refractivity contribution is 4.86. The maximum Gasteiger partial charge on any atom is -0.0348 e. The van der Waals surface area contributed by atoms with E-state index in [2.05, 4.69) is 81.4 Å². The third-order valence-electron chi connectivity index (χ3n) is 11.4. The fraction of sp³-hybridized carbons (Fsp3) is 0.951. The molecule has 0 amide bonds. The molecule has 0 nitrogen and oxygen atoms in total. The van der Waals surface area contributed by atoms with Crippen molar-refractivity contribution >= 4 is 0 Å². The van der Waals surface area contributed by atoms with E-state index in [4.69, 9.17) is 0 Å². The van der Waals surface area contributed by atoms with Crippen LogP contribution in [-0.4, -0.2) is 0 Å². The highest BCUT2D eigenvalue weighted by atomic mass is 14.4. The van der Waals surface area contributed by atoms with Crippen LogP contribution in [0.1, 0.15) is 204 Å². The van der Waals surface area contributed by atoms with Crippen LogP contribution in [-0.2, 0) is 0 Å². The fourth-order valence-electron chi connectivity index (χ4n) is 8.13. The molecule has 0 aliphatic heterocycles. The minimum atomic E-state index is 0.850. The lowest BCUT2D eigenvalue weighted by Crippen LogP contribution is -2.30. The largest absolute Gasteiger partial charge is 0.0917 e. The second-order valence-corrected chi connectivity index (χ2v) is 14.6. The topological polar surface area (TPSA) is 0 Å². The molecule has 246 valence electrons. The first-order chi connectivity index (χ1) is 19.8. The summed E-state index contributed by atoms with van der Waals surface area (Å²) >= 11 is 0. The number of unbranched alkanes of at least 4 members (excludes halogenated alkanes) is 2. The maximum absolute atomic E-state index is 2.58. The number of hydrogen-bond acceptors (Lipinski definition) is 0. The molecule has 8 unspecified atom stereocenters. The molecular weight excluding hydrogens is 492 g/mol. The molecule has 0 N–H and O–H groups in total. The van der Waals surface area contributed by atoms with E-state index >= 15 is 0 Å². The van der Waals surface area contributed by atoms with Crippen molar-refractivity contribution in [3.8, 4) is 0 Å². The van der Waals surface area contributed by atoms with Crippen molar-refractivity contribution in [3.05, 3.63) is 12.2 Å². The van der Waals surface area contributed by atoms with Crippen molar-refractivity contribution in [3.63, 3.8) is 0 Å². The fourth-order valence-corrected chi connectivity index (χ4v) is 8.13. The number of hydrogen-bond donors (Lipinski definition) is 0. The van der Waals surface area contributed by atoms with Crippen molar-refractivity contribution in [1.82, 2.24) is 0 Å². The summed E-state index contributed by atoms with van der Waals surface area (Å²) in [6, 6.07) is 0. The van der Waals surface area contributed by atoms with Gasteiger partial charge in [-0.25, -0.2) is 0 Å². The molecule has 0 saturated heterocycles. The lowest BCUT2D eigenvalue weighted by molar-refractivity contribution is 0.112.